The van der Waals surface area contributed by atoms with E-state index in [-0.39, 0.29) is 23.3 Å². The van der Waals surface area contributed by atoms with Crippen LogP contribution in [0.15, 0.2) is 24.3 Å². The van der Waals surface area contributed by atoms with E-state index >= 15 is 0 Å². The van der Waals surface area contributed by atoms with Crippen molar-refractivity contribution >= 4 is 11.8 Å². The molecule has 178 valence electrons. The third-order valence-corrected chi connectivity index (χ3v) is 6.45. The number of aryl methyl sites for hydroxylation is 1. The van der Waals surface area contributed by atoms with Crippen LogP contribution in [-0.4, -0.2) is 51.1 Å². The molecule has 1 fully saturated rings. The van der Waals surface area contributed by atoms with Crippen molar-refractivity contribution in [1.29, 1.82) is 0 Å². The summed E-state index contributed by atoms with van der Waals surface area (Å²) in [6.07, 6.45) is 1.65. The molecule has 1 aromatic heterocycles. The van der Waals surface area contributed by atoms with Gasteiger partial charge in [0.1, 0.15) is 11.6 Å². The maximum absolute atomic E-state index is 12.7. The van der Waals surface area contributed by atoms with Crippen LogP contribution in [0.4, 0.5) is 13.2 Å². The van der Waals surface area contributed by atoms with E-state index in [1.54, 1.807) is 4.90 Å². The minimum atomic E-state index is -4.43. The van der Waals surface area contributed by atoms with Crippen molar-refractivity contribution in [3.8, 4) is 0 Å². The Labute approximate surface area is 190 Å². The van der Waals surface area contributed by atoms with Crippen molar-refractivity contribution in [3.63, 3.8) is 0 Å². The molecule has 10 heteroatoms. The van der Waals surface area contributed by atoms with Gasteiger partial charge in [-0.3, -0.25) is 9.59 Å². The molecule has 0 spiro atoms. The highest BCUT2D eigenvalue weighted by Crippen LogP contribution is 2.29. The number of rotatable bonds is 5. The van der Waals surface area contributed by atoms with E-state index in [0.717, 1.165) is 49.6 Å². The SMILES string of the molecule is O=C(NCCc1nnc2n1CCCCC2)C1CCN(C(=O)c2ccc(C(F)(F)F)cc2)CC1. The first kappa shape index (κ1) is 23.3. The van der Waals surface area contributed by atoms with Crippen LogP contribution in [-0.2, 0) is 30.4 Å². The third-order valence-electron chi connectivity index (χ3n) is 6.45. The first-order chi connectivity index (χ1) is 15.8. The molecule has 0 atom stereocenters. The van der Waals surface area contributed by atoms with Gasteiger partial charge in [0.05, 0.1) is 5.56 Å². The summed E-state index contributed by atoms with van der Waals surface area (Å²) in [6, 6.07) is 4.24. The molecule has 0 radical (unpaired) electrons. The number of halogens is 3. The van der Waals surface area contributed by atoms with Crippen molar-refractivity contribution in [2.24, 2.45) is 5.92 Å². The van der Waals surface area contributed by atoms with Crippen LogP contribution in [0.2, 0.25) is 0 Å². The number of hydrogen-bond donors (Lipinski definition) is 1. The van der Waals surface area contributed by atoms with Gasteiger partial charge < -0.3 is 14.8 Å². The molecule has 0 saturated carbocycles. The largest absolute Gasteiger partial charge is 0.416 e. The van der Waals surface area contributed by atoms with Gasteiger partial charge in [-0.1, -0.05) is 6.42 Å². The summed E-state index contributed by atoms with van der Waals surface area (Å²) in [4.78, 5) is 26.8. The van der Waals surface area contributed by atoms with Crippen LogP contribution < -0.4 is 5.32 Å². The van der Waals surface area contributed by atoms with E-state index in [1.807, 2.05) is 0 Å². The number of amides is 2. The lowest BCUT2D eigenvalue weighted by atomic mass is 9.95. The number of carbonyl (C=O) groups is 2. The number of aromatic nitrogens is 3. The van der Waals surface area contributed by atoms with Gasteiger partial charge in [-0.25, -0.2) is 0 Å². The summed E-state index contributed by atoms with van der Waals surface area (Å²) in [7, 11) is 0. The zero-order valence-electron chi connectivity index (χ0n) is 18.4. The van der Waals surface area contributed by atoms with Gasteiger partial charge in [0.2, 0.25) is 5.91 Å². The predicted octanol–water partition coefficient (Wildman–Crippen LogP) is 3.23. The Hall–Kier alpha value is -2.91. The second-order valence-electron chi connectivity index (χ2n) is 8.68. The molecule has 0 aliphatic carbocycles. The summed E-state index contributed by atoms with van der Waals surface area (Å²) in [5.74, 6) is 1.41. The Balaban J connectivity index is 1.23. The molecule has 33 heavy (non-hydrogen) atoms. The first-order valence-electron chi connectivity index (χ1n) is 11.5. The van der Waals surface area contributed by atoms with Crippen molar-refractivity contribution < 1.29 is 22.8 Å². The molecular weight excluding hydrogens is 435 g/mol. The summed E-state index contributed by atoms with van der Waals surface area (Å²) in [5, 5.41) is 11.5. The molecule has 0 bridgehead atoms. The van der Waals surface area contributed by atoms with Crippen LogP contribution in [0.3, 0.4) is 0 Å². The number of piperidine rings is 1. The Morgan fingerprint density at radius 1 is 1.00 bits per heavy atom. The van der Waals surface area contributed by atoms with Crippen LogP contribution in [0.5, 0.6) is 0 Å². The number of carbonyl (C=O) groups excluding carboxylic acids is 2. The van der Waals surface area contributed by atoms with Crippen LogP contribution in [0.25, 0.3) is 0 Å². The number of alkyl halides is 3. The zero-order valence-corrected chi connectivity index (χ0v) is 18.4. The average Bonchev–Trinajstić information content (AvgIpc) is 3.03. The second kappa shape index (κ2) is 9.93. The number of benzene rings is 1. The van der Waals surface area contributed by atoms with E-state index in [4.69, 9.17) is 0 Å². The van der Waals surface area contributed by atoms with Crippen molar-refractivity contribution in [2.75, 3.05) is 19.6 Å². The van der Waals surface area contributed by atoms with Crippen LogP contribution in [0, 0.1) is 5.92 Å². The van der Waals surface area contributed by atoms with E-state index in [1.165, 1.54) is 18.6 Å². The number of nitrogens with zero attached hydrogens (tertiary/aromatic N) is 4. The van der Waals surface area contributed by atoms with E-state index in [2.05, 4.69) is 20.1 Å². The molecule has 1 saturated heterocycles. The fourth-order valence-corrected chi connectivity index (χ4v) is 4.50. The quantitative estimate of drug-likeness (QED) is 0.739. The fourth-order valence-electron chi connectivity index (χ4n) is 4.50. The van der Waals surface area contributed by atoms with Crippen molar-refractivity contribution in [3.05, 3.63) is 47.0 Å². The lowest BCUT2D eigenvalue weighted by molar-refractivity contribution is -0.137. The molecule has 7 nitrogen and oxygen atoms in total. The molecule has 2 aromatic rings. The molecule has 3 heterocycles. The molecule has 0 unspecified atom stereocenters. The number of fused-ring (bicyclic) bond motifs is 1. The van der Waals surface area contributed by atoms with Gasteiger partial charge in [0, 0.05) is 50.5 Å². The average molecular weight is 464 g/mol. The highest BCUT2D eigenvalue weighted by molar-refractivity contribution is 5.94. The maximum atomic E-state index is 12.7. The van der Waals surface area contributed by atoms with E-state index in [0.29, 0.717) is 38.9 Å². The van der Waals surface area contributed by atoms with Gasteiger partial charge in [0.25, 0.3) is 5.91 Å². The Kier molecular flexibility index (Phi) is 6.99. The van der Waals surface area contributed by atoms with Gasteiger partial charge >= 0.3 is 6.18 Å². The third kappa shape index (κ3) is 5.54. The van der Waals surface area contributed by atoms with Crippen molar-refractivity contribution in [1.82, 2.24) is 25.0 Å². The highest BCUT2D eigenvalue weighted by atomic mass is 19.4. The lowest BCUT2D eigenvalue weighted by Crippen LogP contribution is -2.43. The standard InChI is InChI=1S/C23H28F3N5O2/c24-23(25,26)18-7-5-17(6-8-18)22(33)30-14-10-16(11-15-30)21(32)27-12-9-20-29-28-19-4-2-1-3-13-31(19)20/h5-8,16H,1-4,9-15H2,(H,27,32). The fraction of sp³-hybridized carbons (Fsp3) is 0.565. The second-order valence-corrected chi connectivity index (χ2v) is 8.68. The smallest absolute Gasteiger partial charge is 0.355 e. The summed E-state index contributed by atoms with van der Waals surface area (Å²) < 4.78 is 40.3. The van der Waals surface area contributed by atoms with Crippen molar-refractivity contribution in [2.45, 2.75) is 57.7 Å². The predicted molar refractivity (Wildman–Crippen MR) is 114 cm³/mol. The lowest BCUT2D eigenvalue weighted by Gasteiger charge is -2.31. The van der Waals surface area contributed by atoms with Gasteiger partial charge in [-0.2, -0.15) is 13.2 Å². The molecule has 1 N–H and O–H groups in total. The highest BCUT2D eigenvalue weighted by Gasteiger charge is 2.31. The summed E-state index contributed by atoms with van der Waals surface area (Å²) in [6.45, 7) is 2.21. The topological polar surface area (TPSA) is 80.1 Å². The van der Waals surface area contributed by atoms with Gasteiger partial charge in [-0.15, -0.1) is 10.2 Å². The Morgan fingerprint density at radius 3 is 2.42 bits per heavy atom. The van der Waals surface area contributed by atoms with Gasteiger partial charge in [-0.05, 0) is 49.9 Å². The Bertz CT molecular complexity index is 979. The molecule has 2 aliphatic rings. The number of likely N-dealkylation sites (tertiary alicyclic amines) is 1. The number of hydrogen-bond acceptors (Lipinski definition) is 4. The first-order valence-corrected chi connectivity index (χ1v) is 11.5. The maximum Gasteiger partial charge on any atom is 0.416 e. The minimum absolute atomic E-state index is 0.0350. The molecule has 2 aliphatic heterocycles. The van der Waals surface area contributed by atoms with Crippen LogP contribution >= 0.6 is 0 Å². The Morgan fingerprint density at radius 2 is 1.73 bits per heavy atom. The van der Waals surface area contributed by atoms with Crippen LogP contribution in [0.1, 0.15) is 59.7 Å². The van der Waals surface area contributed by atoms with Gasteiger partial charge in [0.15, 0.2) is 0 Å². The van der Waals surface area contributed by atoms with E-state index < -0.39 is 11.7 Å². The van der Waals surface area contributed by atoms with E-state index in [9.17, 15) is 22.8 Å². The molecular formula is C23H28F3N5O2. The monoisotopic (exact) mass is 463 g/mol. The number of nitrogens with one attached hydrogen (secondary N) is 1. The summed E-state index contributed by atoms with van der Waals surface area (Å²) >= 11 is 0. The summed E-state index contributed by atoms with van der Waals surface area (Å²) in [5.41, 5.74) is -0.560. The molecule has 4 rings (SSSR count). The normalized spacial score (nSPS) is 17.4. The molecule has 1 aromatic carbocycles. The minimum Gasteiger partial charge on any atom is -0.355 e. The molecule has 2 amide bonds. The zero-order chi connectivity index (χ0) is 23.4.